The number of hydrogen-bond acceptors (Lipinski definition) is 7. The lowest BCUT2D eigenvalue weighted by atomic mass is 10.1. The molecule has 0 unspecified atom stereocenters. The first-order valence-corrected chi connectivity index (χ1v) is 12.6. The van der Waals surface area contributed by atoms with Crippen LogP contribution in [0.4, 0.5) is 5.13 Å². The van der Waals surface area contributed by atoms with Crippen LogP contribution >= 0.6 is 34.3 Å². The Hall–Kier alpha value is -3.33. The molecule has 170 valence electrons. The summed E-state index contributed by atoms with van der Waals surface area (Å²) in [5.41, 5.74) is 4.90. The SMILES string of the molecule is COc1ccc(-c2csc(-c3ccc(C)nc3)n2)c2sc(N(CCl)C(=O)c3ccccc3)nc12. The van der Waals surface area contributed by atoms with Crippen LogP contribution in [-0.4, -0.2) is 34.0 Å². The minimum absolute atomic E-state index is 0.0214. The molecule has 5 aromatic rings. The van der Waals surface area contributed by atoms with Gasteiger partial charge in [-0.15, -0.1) is 22.9 Å². The highest BCUT2D eigenvalue weighted by Gasteiger charge is 2.23. The number of fused-ring (bicyclic) bond motifs is 1. The average Bonchev–Trinajstić information content (AvgIpc) is 3.53. The molecule has 0 N–H and O–H groups in total. The van der Waals surface area contributed by atoms with Crippen molar-refractivity contribution in [3.8, 4) is 27.6 Å². The molecule has 0 aliphatic rings. The largest absolute Gasteiger partial charge is 0.494 e. The summed E-state index contributed by atoms with van der Waals surface area (Å²) in [4.78, 5) is 28.5. The Morgan fingerprint density at radius 3 is 2.62 bits per heavy atom. The normalized spacial score (nSPS) is 11.0. The molecule has 34 heavy (non-hydrogen) atoms. The highest BCUT2D eigenvalue weighted by molar-refractivity contribution is 7.23. The molecule has 0 atom stereocenters. The molecule has 3 heterocycles. The number of aromatic nitrogens is 3. The third-order valence-electron chi connectivity index (χ3n) is 5.27. The molecule has 3 aromatic heterocycles. The van der Waals surface area contributed by atoms with Crippen molar-refractivity contribution in [1.29, 1.82) is 0 Å². The zero-order valence-corrected chi connectivity index (χ0v) is 20.7. The molecule has 0 aliphatic heterocycles. The van der Waals surface area contributed by atoms with Gasteiger partial charge in [-0.2, -0.15) is 0 Å². The van der Waals surface area contributed by atoms with E-state index in [0.717, 1.165) is 32.2 Å². The lowest BCUT2D eigenvalue weighted by Gasteiger charge is -2.16. The maximum atomic E-state index is 13.1. The predicted octanol–water partition coefficient (Wildman–Crippen LogP) is 6.64. The van der Waals surface area contributed by atoms with E-state index in [4.69, 9.17) is 26.3 Å². The third kappa shape index (κ3) is 4.16. The summed E-state index contributed by atoms with van der Waals surface area (Å²) < 4.78 is 6.44. The van der Waals surface area contributed by atoms with Crippen LogP contribution < -0.4 is 9.64 Å². The molecule has 5 rings (SSSR count). The van der Waals surface area contributed by atoms with E-state index in [0.29, 0.717) is 22.0 Å². The van der Waals surface area contributed by atoms with Crippen molar-refractivity contribution in [1.82, 2.24) is 15.0 Å². The number of amides is 1. The van der Waals surface area contributed by atoms with Gasteiger partial charge in [0.05, 0.1) is 17.5 Å². The summed E-state index contributed by atoms with van der Waals surface area (Å²) in [5.74, 6) is 0.416. The summed E-state index contributed by atoms with van der Waals surface area (Å²) in [6, 6.07) is 16.9. The van der Waals surface area contributed by atoms with Gasteiger partial charge in [0.1, 0.15) is 22.3 Å². The van der Waals surface area contributed by atoms with Gasteiger partial charge in [-0.25, -0.2) is 9.97 Å². The summed E-state index contributed by atoms with van der Waals surface area (Å²) in [5, 5.41) is 3.41. The van der Waals surface area contributed by atoms with E-state index < -0.39 is 0 Å². The number of nitrogens with zero attached hydrogens (tertiary/aromatic N) is 4. The molecule has 9 heteroatoms. The number of pyridine rings is 1. The Kier molecular flexibility index (Phi) is 6.28. The van der Waals surface area contributed by atoms with Crippen LogP contribution in [0, 0.1) is 6.92 Å². The van der Waals surface area contributed by atoms with Crippen LogP contribution in [0.5, 0.6) is 5.75 Å². The Labute approximate surface area is 209 Å². The van der Waals surface area contributed by atoms with Crippen molar-refractivity contribution in [3.05, 3.63) is 77.4 Å². The maximum absolute atomic E-state index is 13.1. The van der Waals surface area contributed by atoms with Gasteiger partial charge < -0.3 is 4.74 Å². The van der Waals surface area contributed by atoms with E-state index >= 15 is 0 Å². The molecule has 1 amide bonds. The van der Waals surface area contributed by atoms with Crippen LogP contribution in [0.3, 0.4) is 0 Å². The number of aryl methyl sites for hydroxylation is 1. The monoisotopic (exact) mass is 506 g/mol. The fourth-order valence-corrected chi connectivity index (χ4v) is 5.71. The molecule has 0 fully saturated rings. The van der Waals surface area contributed by atoms with Gasteiger partial charge in [0.25, 0.3) is 5.91 Å². The molecular formula is C25H19ClN4O2S2. The van der Waals surface area contributed by atoms with E-state index in [-0.39, 0.29) is 11.9 Å². The number of ether oxygens (including phenoxy) is 1. The first kappa shape index (κ1) is 22.5. The van der Waals surface area contributed by atoms with Crippen molar-refractivity contribution in [2.24, 2.45) is 0 Å². The van der Waals surface area contributed by atoms with Gasteiger partial charge in [-0.1, -0.05) is 29.5 Å². The second-order valence-corrected chi connectivity index (χ2v) is 9.51. The van der Waals surface area contributed by atoms with Gasteiger partial charge in [-0.3, -0.25) is 14.7 Å². The number of halogens is 1. The highest BCUT2D eigenvalue weighted by atomic mass is 35.5. The Morgan fingerprint density at radius 2 is 1.91 bits per heavy atom. The van der Waals surface area contributed by atoms with Gasteiger partial charge in [0.2, 0.25) is 0 Å². The second-order valence-electron chi connectivity index (χ2n) is 7.43. The first-order valence-electron chi connectivity index (χ1n) is 10.4. The fraction of sp³-hybridized carbons (Fsp3) is 0.120. The number of carbonyl (C=O) groups is 1. The minimum atomic E-state index is -0.210. The topological polar surface area (TPSA) is 68.2 Å². The first-order chi connectivity index (χ1) is 16.6. The van der Waals surface area contributed by atoms with Gasteiger partial charge in [0, 0.05) is 34.0 Å². The van der Waals surface area contributed by atoms with Crippen molar-refractivity contribution >= 4 is 55.5 Å². The Balaban J connectivity index is 1.58. The number of alkyl halides is 1. The average molecular weight is 507 g/mol. The van der Waals surface area contributed by atoms with E-state index in [9.17, 15) is 4.79 Å². The number of rotatable bonds is 6. The van der Waals surface area contributed by atoms with E-state index in [1.165, 1.54) is 16.2 Å². The van der Waals surface area contributed by atoms with Gasteiger partial charge in [-0.05, 0) is 43.3 Å². The van der Waals surface area contributed by atoms with Crippen LogP contribution in [-0.2, 0) is 0 Å². The van der Waals surface area contributed by atoms with Crippen molar-refractivity contribution in [2.75, 3.05) is 18.0 Å². The van der Waals surface area contributed by atoms with Crippen molar-refractivity contribution in [3.63, 3.8) is 0 Å². The van der Waals surface area contributed by atoms with Crippen LogP contribution in [0.1, 0.15) is 16.1 Å². The number of benzene rings is 2. The van der Waals surface area contributed by atoms with Crippen molar-refractivity contribution < 1.29 is 9.53 Å². The Morgan fingerprint density at radius 1 is 1.09 bits per heavy atom. The number of anilines is 1. The number of hydrogen-bond donors (Lipinski definition) is 0. The molecule has 6 nitrogen and oxygen atoms in total. The summed E-state index contributed by atoms with van der Waals surface area (Å²) in [6.07, 6.45) is 1.83. The van der Waals surface area contributed by atoms with Crippen molar-refractivity contribution in [2.45, 2.75) is 6.92 Å². The summed E-state index contributed by atoms with van der Waals surface area (Å²) in [7, 11) is 1.60. The fourth-order valence-electron chi connectivity index (χ4n) is 3.51. The maximum Gasteiger partial charge on any atom is 0.261 e. The zero-order valence-electron chi connectivity index (χ0n) is 18.4. The van der Waals surface area contributed by atoms with E-state index in [1.807, 2.05) is 61.0 Å². The minimum Gasteiger partial charge on any atom is -0.494 e. The van der Waals surface area contributed by atoms with Gasteiger partial charge in [0.15, 0.2) is 5.13 Å². The number of methoxy groups -OCH3 is 1. The predicted molar refractivity (Wildman–Crippen MR) is 139 cm³/mol. The molecule has 0 radical (unpaired) electrons. The van der Waals surface area contributed by atoms with Crippen LogP contribution in [0.15, 0.2) is 66.2 Å². The van der Waals surface area contributed by atoms with Crippen LogP contribution in [0.2, 0.25) is 0 Å². The van der Waals surface area contributed by atoms with E-state index in [1.54, 1.807) is 30.6 Å². The quantitative estimate of drug-likeness (QED) is 0.191. The molecule has 0 aliphatic carbocycles. The lowest BCUT2D eigenvalue weighted by Crippen LogP contribution is -2.29. The molecule has 0 spiro atoms. The standard InChI is InChI=1S/C25H19ClN4O2S2/c1-15-8-9-17(12-27-15)23-28-19(13-33-23)18-10-11-20(32-2)21-22(18)34-25(29-21)30(14-26)24(31)16-6-4-3-5-7-16/h3-13H,14H2,1-2H3. The van der Waals surface area contributed by atoms with Crippen LogP contribution in [0.25, 0.3) is 32.0 Å². The molecule has 0 saturated heterocycles. The molecule has 2 aromatic carbocycles. The van der Waals surface area contributed by atoms with Gasteiger partial charge >= 0.3 is 0 Å². The smallest absolute Gasteiger partial charge is 0.261 e. The number of thiazole rings is 2. The van der Waals surface area contributed by atoms with E-state index in [2.05, 4.69) is 4.98 Å². The summed E-state index contributed by atoms with van der Waals surface area (Å²) in [6.45, 7) is 1.96. The second kappa shape index (κ2) is 9.50. The third-order valence-corrected chi connectivity index (χ3v) is 7.51. The summed E-state index contributed by atoms with van der Waals surface area (Å²) >= 11 is 9.16. The molecule has 0 bridgehead atoms. The lowest BCUT2D eigenvalue weighted by molar-refractivity contribution is 0.0991. The zero-order chi connectivity index (χ0) is 23.7. The molecular weight excluding hydrogens is 488 g/mol. The Bertz CT molecular complexity index is 1470. The highest BCUT2D eigenvalue weighted by Crippen LogP contribution is 2.42. The number of carbonyl (C=O) groups excluding carboxylic acids is 1. The molecule has 0 saturated carbocycles.